The summed E-state index contributed by atoms with van der Waals surface area (Å²) in [6.45, 7) is 1.55. The first-order valence-corrected chi connectivity index (χ1v) is 6.59. The summed E-state index contributed by atoms with van der Waals surface area (Å²) in [5.74, 6) is -2.32. The maximum absolute atomic E-state index is 11.8. The lowest BCUT2D eigenvalue weighted by Crippen LogP contribution is -2.15. The Morgan fingerprint density at radius 3 is 2.67 bits per heavy atom. The van der Waals surface area contributed by atoms with Crippen LogP contribution in [0.5, 0.6) is 5.75 Å². The minimum atomic E-state index is -1.53. The van der Waals surface area contributed by atoms with Crippen molar-refractivity contribution in [3.63, 3.8) is 0 Å². The van der Waals surface area contributed by atoms with Crippen LogP contribution < -0.4 is 4.74 Å². The van der Waals surface area contributed by atoms with Gasteiger partial charge in [-0.25, -0.2) is 9.59 Å². The van der Waals surface area contributed by atoms with E-state index in [1.54, 1.807) is 0 Å². The second-order valence-electron chi connectivity index (χ2n) is 4.34. The van der Waals surface area contributed by atoms with Crippen molar-refractivity contribution in [2.45, 2.75) is 6.92 Å². The van der Waals surface area contributed by atoms with Gasteiger partial charge in [0, 0.05) is 0 Å². The molecule has 11 heteroatoms. The molecule has 1 heterocycles. The number of nitro benzene ring substituents is 1. The van der Waals surface area contributed by atoms with Gasteiger partial charge in [0.2, 0.25) is 5.69 Å². The van der Waals surface area contributed by atoms with Crippen LogP contribution in [-0.4, -0.2) is 50.7 Å². The van der Waals surface area contributed by atoms with Crippen LogP contribution >= 0.6 is 0 Å². The molecule has 11 nitrogen and oxygen atoms in total. The summed E-state index contributed by atoms with van der Waals surface area (Å²) in [6.07, 6.45) is 0. The first-order chi connectivity index (χ1) is 11.4. The summed E-state index contributed by atoms with van der Waals surface area (Å²) in [6, 6.07) is 3.74. The average molecular weight is 336 g/mol. The fraction of sp³-hybridized carbons (Fsp3) is 0.231. The predicted octanol–water partition coefficient (Wildman–Crippen LogP) is 1.06. The Morgan fingerprint density at radius 2 is 2.12 bits per heavy atom. The maximum atomic E-state index is 11.8. The Bertz CT molecular complexity index is 815. The van der Waals surface area contributed by atoms with Crippen LogP contribution in [0.3, 0.4) is 0 Å². The molecular weight excluding hydrogens is 324 g/mol. The highest BCUT2D eigenvalue weighted by Crippen LogP contribution is 2.28. The van der Waals surface area contributed by atoms with Crippen molar-refractivity contribution in [1.29, 1.82) is 0 Å². The van der Waals surface area contributed by atoms with E-state index in [9.17, 15) is 24.8 Å². The smallest absolute Gasteiger partial charge is 0.361 e. The zero-order valence-electron chi connectivity index (χ0n) is 12.6. The number of methoxy groups -OCH3 is 1. The highest BCUT2D eigenvalue weighted by Gasteiger charge is 2.30. The van der Waals surface area contributed by atoms with E-state index in [0.717, 1.165) is 6.07 Å². The molecule has 0 bridgehead atoms. The lowest BCUT2D eigenvalue weighted by Gasteiger charge is -2.07. The summed E-state index contributed by atoms with van der Waals surface area (Å²) in [4.78, 5) is 33.8. The molecule has 0 atom stereocenters. The fourth-order valence-corrected chi connectivity index (χ4v) is 1.93. The van der Waals surface area contributed by atoms with Crippen molar-refractivity contribution in [3.05, 3.63) is 39.7 Å². The second-order valence-corrected chi connectivity index (χ2v) is 4.34. The van der Waals surface area contributed by atoms with Crippen molar-refractivity contribution < 1.29 is 29.1 Å². The number of rotatable bonds is 6. The van der Waals surface area contributed by atoms with E-state index < -0.39 is 33.9 Å². The van der Waals surface area contributed by atoms with Gasteiger partial charge >= 0.3 is 11.9 Å². The molecular formula is C13H12N4O7. The van der Waals surface area contributed by atoms with Gasteiger partial charge in [-0.1, -0.05) is 5.21 Å². The molecule has 2 aromatic rings. The van der Waals surface area contributed by atoms with E-state index in [2.05, 4.69) is 10.3 Å². The highest BCUT2D eigenvalue weighted by atomic mass is 16.6. The van der Waals surface area contributed by atoms with Gasteiger partial charge in [0.25, 0.3) is 5.69 Å². The molecule has 1 aromatic heterocycles. The quantitative estimate of drug-likeness (QED) is 0.464. The van der Waals surface area contributed by atoms with Gasteiger partial charge in [-0.3, -0.25) is 10.1 Å². The number of hydrogen-bond donors (Lipinski definition) is 1. The third-order valence-electron chi connectivity index (χ3n) is 2.95. The number of benzene rings is 1. The Labute approximate surface area is 134 Å². The van der Waals surface area contributed by atoms with Crippen LogP contribution in [0.4, 0.5) is 5.69 Å². The van der Waals surface area contributed by atoms with E-state index in [-0.39, 0.29) is 18.0 Å². The maximum Gasteiger partial charge on any atom is 0.361 e. The summed E-state index contributed by atoms with van der Waals surface area (Å²) >= 11 is 0. The van der Waals surface area contributed by atoms with Gasteiger partial charge in [-0.05, 0) is 19.1 Å². The van der Waals surface area contributed by atoms with Gasteiger partial charge in [0.15, 0.2) is 5.69 Å². The van der Waals surface area contributed by atoms with Crippen LogP contribution in [0.2, 0.25) is 0 Å². The van der Waals surface area contributed by atoms with Crippen LogP contribution in [-0.2, 0) is 4.74 Å². The van der Waals surface area contributed by atoms with Crippen molar-refractivity contribution in [2.75, 3.05) is 13.7 Å². The first-order valence-electron chi connectivity index (χ1n) is 6.59. The van der Waals surface area contributed by atoms with Gasteiger partial charge in [0.1, 0.15) is 11.4 Å². The van der Waals surface area contributed by atoms with Crippen LogP contribution in [0.25, 0.3) is 5.69 Å². The normalized spacial score (nSPS) is 10.2. The molecule has 1 aromatic carbocycles. The van der Waals surface area contributed by atoms with Gasteiger partial charge in [-0.15, -0.1) is 5.10 Å². The Balaban J connectivity index is 2.67. The molecule has 0 amide bonds. The van der Waals surface area contributed by atoms with Crippen LogP contribution in [0.1, 0.15) is 27.9 Å². The van der Waals surface area contributed by atoms with E-state index in [0.29, 0.717) is 4.68 Å². The molecule has 0 aliphatic heterocycles. The second kappa shape index (κ2) is 6.73. The van der Waals surface area contributed by atoms with E-state index in [4.69, 9.17) is 9.47 Å². The molecule has 0 aliphatic carbocycles. The van der Waals surface area contributed by atoms with Crippen molar-refractivity contribution in [2.24, 2.45) is 0 Å². The molecule has 2 rings (SSSR count). The highest BCUT2D eigenvalue weighted by molar-refractivity contribution is 6.00. The van der Waals surface area contributed by atoms with Gasteiger partial charge < -0.3 is 14.6 Å². The number of ether oxygens (including phenoxy) is 2. The number of aromatic nitrogens is 3. The zero-order chi connectivity index (χ0) is 17.9. The van der Waals surface area contributed by atoms with E-state index in [1.165, 1.54) is 26.2 Å². The van der Waals surface area contributed by atoms with E-state index >= 15 is 0 Å². The summed E-state index contributed by atoms with van der Waals surface area (Å²) in [7, 11) is 1.33. The molecule has 0 spiro atoms. The number of nitrogens with zero attached hydrogens (tertiary/aromatic N) is 4. The van der Waals surface area contributed by atoms with E-state index in [1.807, 2.05) is 0 Å². The number of carboxylic acids is 1. The van der Waals surface area contributed by atoms with Crippen molar-refractivity contribution >= 4 is 17.6 Å². The Hall–Kier alpha value is -3.50. The lowest BCUT2D eigenvalue weighted by molar-refractivity contribution is -0.384. The molecule has 0 saturated carbocycles. The fourth-order valence-electron chi connectivity index (χ4n) is 1.93. The standard InChI is InChI=1S/C13H12N4O7/c1-3-24-13(20)10-11(12(18)19)16(15-14-10)8-5-4-7(23-2)6-9(8)17(21)22/h4-6H,3H2,1-2H3,(H,18,19). The third kappa shape index (κ3) is 2.99. The Morgan fingerprint density at radius 1 is 1.42 bits per heavy atom. The third-order valence-corrected chi connectivity index (χ3v) is 2.95. The molecule has 1 N–H and O–H groups in total. The summed E-state index contributed by atoms with van der Waals surface area (Å²) in [5.41, 5.74) is -1.82. The largest absolute Gasteiger partial charge is 0.496 e. The molecule has 24 heavy (non-hydrogen) atoms. The predicted molar refractivity (Wildman–Crippen MR) is 77.5 cm³/mol. The SMILES string of the molecule is CCOC(=O)c1nnn(-c2ccc(OC)cc2[N+](=O)[O-])c1C(=O)O. The molecule has 0 saturated heterocycles. The number of carboxylic acid groups (broad SMARTS) is 1. The minimum absolute atomic E-state index is 0.00738. The number of carbonyl (C=O) groups excluding carboxylic acids is 1. The van der Waals surface area contributed by atoms with Gasteiger partial charge in [0.05, 0.1) is 24.7 Å². The molecule has 0 fully saturated rings. The number of nitro groups is 1. The first kappa shape index (κ1) is 16.9. The van der Waals surface area contributed by atoms with Crippen molar-refractivity contribution in [3.8, 4) is 11.4 Å². The number of hydrogen-bond acceptors (Lipinski definition) is 8. The van der Waals surface area contributed by atoms with Crippen LogP contribution in [0.15, 0.2) is 18.2 Å². The van der Waals surface area contributed by atoms with Crippen LogP contribution in [0, 0.1) is 10.1 Å². The summed E-state index contributed by atoms with van der Waals surface area (Å²) in [5, 5.41) is 27.6. The van der Waals surface area contributed by atoms with Crippen molar-refractivity contribution in [1.82, 2.24) is 15.0 Å². The number of esters is 1. The lowest BCUT2D eigenvalue weighted by atomic mass is 10.2. The molecule has 126 valence electrons. The van der Waals surface area contributed by atoms with Gasteiger partial charge in [-0.2, -0.15) is 4.68 Å². The number of carbonyl (C=O) groups is 2. The Kier molecular flexibility index (Phi) is 4.73. The summed E-state index contributed by atoms with van der Waals surface area (Å²) < 4.78 is 10.3. The molecule has 0 aliphatic rings. The molecule has 0 unspecified atom stereocenters. The topological polar surface area (TPSA) is 147 Å². The molecule has 0 radical (unpaired) electrons. The zero-order valence-corrected chi connectivity index (χ0v) is 12.6. The average Bonchev–Trinajstić information content (AvgIpc) is 2.99. The number of aromatic carboxylic acids is 1. The monoisotopic (exact) mass is 336 g/mol. The minimum Gasteiger partial charge on any atom is -0.496 e.